The summed E-state index contributed by atoms with van der Waals surface area (Å²) in [6, 6.07) is 8.38. The van der Waals surface area contributed by atoms with Crippen LogP contribution in [-0.2, 0) is 26.2 Å². The van der Waals surface area contributed by atoms with Crippen molar-refractivity contribution in [2.75, 3.05) is 26.2 Å². The molecule has 0 spiro atoms. The van der Waals surface area contributed by atoms with Gasteiger partial charge in [0.05, 0.1) is 6.61 Å². The Hall–Kier alpha value is -1.40. The maximum Gasteiger partial charge on any atom is 0.123 e. The van der Waals surface area contributed by atoms with Crippen molar-refractivity contribution in [2.45, 2.75) is 39.1 Å². The second-order valence-corrected chi connectivity index (χ2v) is 8.06. The van der Waals surface area contributed by atoms with Crippen molar-refractivity contribution in [3.05, 3.63) is 51.2 Å². The second kappa shape index (κ2) is 7.87. The highest BCUT2D eigenvalue weighted by Gasteiger charge is 2.17. The molecule has 3 heterocycles. The van der Waals surface area contributed by atoms with E-state index < -0.39 is 0 Å². The third kappa shape index (κ3) is 4.23. The van der Waals surface area contributed by atoms with Crippen molar-refractivity contribution < 1.29 is 9.84 Å². The quantitative estimate of drug-likeness (QED) is 0.890. The van der Waals surface area contributed by atoms with E-state index in [1.807, 2.05) is 23.5 Å². The van der Waals surface area contributed by atoms with Gasteiger partial charge in [-0.15, -0.1) is 11.3 Å². The SMILES string of the molecule is OCc1ccc2c(c1)CN(Cc1cc(CN3CCCC3)cs1)CCO2. The van der Waals surface area contributed by atoms with Crippen LogP contribution in [0.5, 0.6) is 5.75 Å². The highest BCUT2D eigenvalue weighted by atomic mass is 32.1. The van der Waals surface area contributed by atoms with E-state index >= 15 is 0 Å². The van der Waals surface area contributed by atoms with Crippen molar-refractivity contribution >= 4 is 11.3 Å². The molecule has 2 aromatic rings. The Bertz CT molecular complexity index is 709. The molecule has 0 bridgehead atoms. The van der Waals surface area contributed by atoms with Crippen molar-refractivity contribution in [1.82, 2.24) is 9.80 Å². The van der Waals surface area contributed by atoms with E-state index in [0.29, 0.717) is 0 Å². The number of ether oxygens (including phenoxy) is 1. The van der Waals surface area contributed by atoms with Gasteiger partial charge in [0.15, 0.2) is 0 Å². The van der Waals surface area contributed by atoms with Crippen LogP contribution in [0, 0.1) is 0 Å². The van der Waals surface area contributed by atoms with Crippen LogP contribution in [0.3, 0.4) is 0 Å². The average molecular weight is 359 g/mol. The average Bonchev–Trinajstić information content (AvgIpc) is 3.24. The second-order valence-electron chi connectivity index (χ2n) is 7.06. The van der Waals surface area contributed by atoms with Crippen LogP contribution in [0.15, 0.2) is 29.6 Å². The van der Waals surface area contributed by atoms with E-state index in [9.17, 15) is 5.11 Å². The van der Waals surface area contributed by atoms with Crippen molar-refractivity contribution in [3.63, 3.8) is 0 Å². The number of rotatable bonds is 5. The normalized spacial score (nSPS) is 18.8. The smallest absolute Gasteiger partial charge is 0.123 e. The van der Waals surface area contributed by atoms with Gasteiger partial charge in [0.25, 0.3) is 0 Å². The maximum absolute atomic E-state index is 9.37. The zero-order valence-electron chi connectivity index (χ0n) is 14.6. The molecule has 0 amide bonds. The van der Waals surface area contributed by atoms with Gasteiger partial charge in [0.2, 0.25) is 0 Å². The molecular weight excluding hydrogens is 332 g/mol. The number of hydrogen-bond donors (Lipinski definition) is 1. The van der Waals surface area contributed by atoms with Gasteiger partial charge in [-0.3, -0.25) is 9.80 Å². The van der Waals surface area contributed by atoms with Crippen LogP contribution in [0.2, 0.25) is 0 Å². The van der Waals surface area contributed by atoms with Gasteiger partial charge >= 0.3 is 0 Å². The van der Waals surface area contributed by atoms with E-state index in [2.05, 4.69) is 27.3 Å². The fourth-order valence-corrected chi connectivity index (χ4v) is 4.67. The molecule has 0 unspecified atom stereocenters. The molecule has 4 rings (SSSR count). The van der Waals surface area contributed by atoms with Gasteiger partial charge < -0.3 is 9.84 Å². The maximum atomic E-state index is 9.37. The molecule has 1 saturated heterocycles. The number of fused-ring (bicyclic) bond motifs is 1. The minimum atomic E-state index is 0.0814. The lowest BCUT2D eigenvalue weighted by atomic mass is 10.1. The molecule has 1 aromatic carbocycles. The summed E-state index contributed by atoms with van der Waals surface area (Å²) < 4.78 is 5.88. The molecule has 2 aliphatic rings. The highest BCUT2D eigenvalue weighted by Crippen LogP contribution is 2.27. The van der Waals surface area contributed by atoms with Crippen LogP contribution < -0.4 is 4.74 Å². The molecule has 0 radical (unpaired) electrons. The summed E-state index contributed by atoms with van der Waals surface area (Å²) in [5.74, 6) is 0.959. The van der Waals surface area contributed by atoms with Gasteiger partial charge in [0, 0.05) is 36.6 Å². The topological polar surface area (TPSA) is 35.9 Å². The Morgan fingerprint density at radius 1 is 1.00 bits per heavy atom. The number of aliphatic hydroxyl groups is 1. The Labute approximate surface area is 153 Å². The number of thiophene rings is 1. The minimum absolute atomic E-state index is 0.0814. The predicted octanol–water partition coefficient (Wildman–Crippen LogP) is 3.23. The summed E-state index contributed by atoms with van der Waals surface area (Å²) in [5.41, 5.74) is 3.59. The number of nitrogens with zero attached hydrogens (tertiary/aromatic N) is 2. The zero-order valence-corrected chi connectivity index (χ0v) is 15.4. The Balaban J connectivity index is 1.41. The Kier molecular flexibility index (Phi) is 5.36. The Morgan fingerprint density at radius 3 is 2.72 bits per heavy atom. The first-order valence-electron chi connectivity index (χ1n) is 9.16. The number of benzene rings is 1. The third-order valence-electron chi connectivity index (χ3n) is 5.06. The molecule has 134 valence electrons. The first-order chi connectivity index (χ1) is 12.3. The van der Waals surface area contributed by atoms with E-state index in [1.165, 1.54) is 41.9 Å². The summed E-state index contributed by atoms with van der Waals surface area (Å²) in [7, 11) is 0. The van der Waals surface area contributed by atoms with Gasteiger partial charge in [-0.25, -0.2) is 0 Å². The van der Waals surface area contributed by atoms with Crippen molar-refractivity contribution in [1.29, 1.82) is 0 Å². The monoisotopic (exact) mass is 358 g/mol. The molecule has 0 saturated carbocycles. The fourth-order valence-electron chi connectivity index (χ4n) is 3.75. The molecule has 0 aliphatic carbocycles. The summed E-state index contributed by atoms with van der Waals surface area (Å²) in [4.78, 5) is 6.42. The first kappa shape index (κ1) is 17.0. The number of hydrogen-bond acceptors (Lipinski definition) is 5. The molecular formula is C20H26N2O2S. The van der Waals surface area contributed by atoms with Crippen LogP contribution in [0.25, 0.3) is 0 Å². The number of likely N-dealkylation sites (tertiary alicyclic amines) is 1. The third-order valence-corrected chi connectivity index (χ3v) is 6.03. The molecule has 1 N–H and O–H groups in total. The minimum Gasteiger partial charge on any atom is -0.492 e. The summed E-state index contributed by atoms with van der Waals surface area (Å²) in [5, 5.41) is 11.7. The Morgan fingerprint density at radius 2 is 1.88 bits per heavy atom. The van der Waals surface area contributed by atoms with E-state index in [-0.39, 0.29) is 6.61 Å². The standard InChI is InChI=1S/C20H26N2O2S/c23-14-16-3-4-20-18(9-16)12-22(7-8-24-20)13-19-10-17(15-25-19)11-21-5-1-2-6-21/h3-4,9-10,15,23H,1-2,5-8,11-14H2. The molecule has 4 nitrogen and oxygen atoms in total. The van der Waals surface area contributed by atoms with Crippen molar-refractivity contribution in [3.8, 4) is 5.75 Å². The fraction of sp³-hybridized carbons (Fsp3) is 0.500. The van der Waals surface area contributed by atoms with Crippen LogP contribution in [0.4, 0.5) is 0 Å². The largest absolute Gasteiger partial charge is 0.492 e. The predicted molar refractivity (Wildman–Crippen MR) is 101 cm³/mol. The summed E-state index contributed by atoms with van der Waals surface area (Å²) >= 11 is 1.87. The molecule has 0 atom stereocenters. The molecule has 25 heavy (non-hydrogen) atoms. The zero-order chi connectivity index (χ0) is 17.1. The van der Waals surface area contributed by atoms with E-state index in [4.69, 9.17) is 4.74 Å². The van der Waals surface area contributed by atoms with Crippen LogP contribution in [-0.4, -0.2) is 41.1 Å². The van der Waals surface area contributed by atoms with Crippen LogP contribution >= 0.6 is 11.3 Å². The first-order valence-corrected chi connectivity index (χ1v) is 10.0. The van der Waals surface area contributed by atoms with Gasteiger partial charge in [-0.2, -0.15) is 0 Å². The highest BCUT2D eigenvalue weighted by molar-refractivity contribution is 7.10. The molecule has 1 fully saturated rings. The summed E-state index contributed by atoms with van der Waals surface area (Å²) in [6.07, 6.45) is 2.69. The lowest BCUT2D eigenvalue weighted by Crippen LogP contribution is -2.24. The van der Waals surface area contributed by atoms with Crippen molar-refractivity contribution in [2.24, 2.45) is 0 Å². The van der Waals surface area contributed by atoms with Crippen LogP contribution in [0.1, 0.15) is 34.4 Å². The molecule has 1 aromatic heterocycles. The van der Waals surface area contributed by atoms with Gasteiger partial charge in [0.1, 0.15) is 12.4 Å². The van der Waals surface area contributed by atoms with Gasteiger partial charge in [-0.05, 0) is 60.6 Å². The summed E-state index contributed by atoms with van der Waals surface area (Å²) in [6.45, 7) is 7.18. The lowest BCUT2D eigenvalue weighted by Gasteiger charge is -2.18. The molecule has 5 heteroatoms. The van der Waals surface area contributed by atoms with Gasteiger partial charge in [-0.1, -0.05) is 6.07 Å². The number of aliphatic hydroxyl groups excluding tert-OH is 1. The lowest BCUT2D eigenvalue weighted by molar-refractivity contribution is 0.221. The van der Waals surface area contributed by atoms with E-state index in [1.54, 1.807) is 0 Å². The van der Waals surface area contributed by atoms with E-state index in [0.717, 1.165) is 44.1 Å². The molecule has 2 aliphatic heterocycles.